The van der Waals surface area contributed by atoms with Gasteiger partial charge in [0, 0.05) is 12.6 Å². The first-order chi connectivity index (χ1) is 8.59. The van der Waals surface area contributed by atoms with Gasteiger partial charge in [0.1, 0.15) is 0 Å². The fraction of sp³-hybridized carbons (Fsp3) is 0.500. The van der Waals surface area contributed by atoms with E-state index < -0.39 is 10.0 Å². The predicted molar refractivity (Wildman–Crippen MR) is 69.0 cm³/mol. The summed E-state index contributed by atoms with van der Waals surface area (Å²) in [5.41, 5.74) is 0.712. The molecule has 0 aromatic carbocycles. The molecule has 0 amide bonds. The molecule has 1 heterocycles. The van der Waals surface area contributed by atoms with Gasteiger partial charge in [-0.2, -0.15) is 5.26 Å². The third kappa shape index (κ3) is 4.82. The van der Waals surface area contributed by atoms with E-state index in [1.165, 1.54) is 0 Å². The topological polar surface area (TPSA) is 82.9 Å². The van der Waals surface area contributed by atoms with E-state index in [0.717, 1.165) is 0 Å². The largest absolute Gasteiger partial charge is 0.260 e. The summed E-state index contributed by atoms with van der Waals surface area (Å²) in [4.78, 5) is 4.15. The Hall–Kier alpha value is -1.45. The second-order valence-electron chi connectivity index (χ2n) is 3.91. The summed E-state index contributed by atoms with van der Waals surface area (Å²) in [6.07, 6.45) is 2.88. The van der Waals surface area contributed by atoms with Crippen LogP contribution in [-0.2, 0) is 10.0 Å². The van der Waals surface area contributed by atoms with E-state index in [1.807, 2.05) is 19.1 Å². The maximum Gasteiger partial charge on any atom is 0.212 e. The van der Waals surface area contributed by atoms with Crippen molar-refractivity contribution in [3.05, 3.63) is 30.1 Å². The van der Waals surface area contributed by atoms with Gasteiger partial charge in [-0.1, -0.05) is 13.0 Å². The molecule has 0 aliphatic heterocycles. The molecule has 98 valence electrons. The molecule has 5 nitrogen and oxygen atoms in total. The molecule has 6 heteroatoms. The van der Waals surface area contributed by atoms with Crippen LogP contribution in [0.15, 0.2) is 24.4 Å². The molecule has 0 fully saturated rings. The highest BCUT2D eigenvalue weighted by atomic mass is 32.2. The van der Waals surface area contributed by atoms with Crippen molar-refractivity contribution in [2.75, 3.05) is 5.75 Å². The van der Waals surface area contributed by atoms with Crippen molar-refractivity contribution in [3.63, 3.8) is 0 Å². The van der Waals surface area contributed by atoms with Crippen molar-refractivity contribution in [1.82, 2.24) is 9.71 Å². The van der Waals surface area contributed by atoms with Gasteiger partial charge in [0.15, 0.2) is 0 Å². The highest BCUT2D eigenvalue weighted by molar-refractivity contribution is 7.89. The summed E-state index contributed by atoms with van der Waals surface area (Å²) in [7, 11) is -3.35. The third-order valence-corrected chi connectivity index (χ3v) is 3.95. The standard InChI is InChI=1S/C12H17N3O2S/c1-2-11(12-7-3-5-9-14-12)15-18(16,17)10-6-4-8-13/h3,5,7,9,11,15H,2,4,6,10H2,1H3/t11-/m1/s1. The third-order valence-electron chi connectivity index (χ3n) is 2.48. The minimum atomic E-state index is -3.35. The fourth-order valence-electron chi connectivity index (χ4n) is 1.55. The lowest BCUT2D eigenvalue weighted by Crippen LogP contribution is -2.30. The van der Waals surface area contributed by atoms with Gasteiger partial charge < -0.3 is 0 Å². The van der Waals surface area contributed by atoms with E-state index in [4.69, 9.17) is 5.26 Å². The SMILES string of the molecule is CC[C@@H](NS(=O)(=O)CCCC#N)c1ccccn1. The van der Waals surface area contributed by atoms with Gasteiger partial charge in [-0.25, -0.2) is 13.1 Å². The lowest BCUT2D eigenvalue weighted by Gasteiger charge is -2.16. The lowest BCUT2D eigenvalue weighted by molar-refractivity contribution is 0.543. The molecule has 0 aliphatic rings. The van der Waals surface area contributed by atoms with E-state index in [0.29, 0.717) is 18.5 Å². The maximum absolute atomic E-state index is 11.8. The van der Waals surface area contributed by atoms with Crippen molar-refractivity contribution >= 4 is 10.0 Å². The van der Waals surface area contributed by atoms with Gasteiger partial charge in [0.2, 0.25) is 10.0 Å². The molecule has 1 atom stereocenters. The normalized spacial score (nSPS) is 12.9. The Morgan fingerprint density at radius 2 is 2.28 bits per heavy atom. The Kier molecular flexibility index (Phi) is 5.75. The van der Waals surface area contributed by atoms with Crippen molar-refractivity contribution in [2.45, 2.75) is 32.2 Å². The zero-order chi connectivity index (χ0) is 13.4. The number of pyridine rings is 1. The molecule has 18 heavy (non-hydrogen) atoms. The van der Waals surface area contributed by atoms with E-state index in [2.05, 4.69) is 9.71 Å². The van der Waals surface area contributed by atoms with Crippen LogP contribution in [0.5, 0.6) is 0 Å². The van der Waals surface area contributed by atoms with Gasteiger partial charge in [-0.15, -0.1) is 0 Å². The van der Waals surface area contributed by atoms with E-state index in [9.17, 15) is 8.42 Å². The molecule has 0 unspecified atom stereocenters. The van der Waals surface area contributed by atoms with Gasteiger partial charge in [-0.3, -0.25) is 4.98 Å². The van der Waals surface area contributed by atoms with Crippen LogP contribution in [0.4, 0.5) is 0 Å². The van der Waals surface area contributed by atoms with Crippen LogP contribution in [-0.4, -0.2) is 19.2 Å². The van der Waals surface area contributed by atoms with Crippen LogP contribution in [0.2, 0.25) is 0 Å². The molecule has 0 spiro atoms. The molecule has 1 aromatic heterocycles. The molecule has 1 N–H and O–H groups in total. The van der Waals surface area contributed by atoms with Crippen LogP contribution in [0.25, 0.3) is 0 Å². The zero-order valence-corrected chi connectivity index (χ0v) is 11.2. The van der Waals surface area contributed by atoms with Crippen LogP contribution < -0.4 is 4.72 Å². The molecular formula is C12H17N3O2S. The molecule has 0 saturated heterocycles. The summed E-state index contributed by atoms with van der Waals surface area (Å²) < 4.78 is 26.2. The lowest BCUT2D eigenvalue weighted by atomic mass is 10.1. The average Bonchev–Trinajstić information content (AvgIpc) is 2.37. The predicted octanol–water partition coefficient (Wildman–Crippen LogP) is 1.76. The van der Waals surface area contributed by atoms with E-state index >= 15 is 0 Å². The summed E-state index contributed by atoms with van der Waals surface area (Å²) in [6, 6.07) is 7.04. The zero-order valence-electron chi connectivity index (χ0n) is 10.3. The first-order valence-corrected chi connectivity index (χ1v) is 7.52. The Morgan fingerprint density at radius 1 is 1.50 bits per heavy atom. The number of hydrogen-bond donors (Lipinski definition) is 1. The Bertz CT molecular complexity index is 494. The van der Waals surface area contributed by atoms with Crippen LogP contribution in [0.1, 0.15) is 37.9 Å². The number of rotatable bonds is 7. The van der Waals surface area contributed by atoms with Crippen molar-refractivity contribution in [2.24, 2.45) is 0 Å². The Balaban J connectivity index is 2.66. The van der Waals surface area contributed by atoms with Gasteiger partial charge >= 0.3 is 0 Å². The average molecular weight is 267 g/mol. The number of nitrogens with zero attached hydrogens (tertiary/aromatic N) is 2. The summed E-state index contributed by atoms with van der Waals surface area (Å²) in [5, 5.41) is 8.39. The van der Waals surface area contributed by atoms with Crippen LogP contribution in [0, 0.1) is 11.3 Å². The monoisotopic (exact) mass is 267 g/mol. The number of nitriles is 1. The van der Waals surface area contributed by atoms with Gasteiger partial charge in [0.05, 0.1) is 23.6 Å². The number of aromatic nitrogens is 1. The van der Waals surface area contributed by atoms with Gasteiger partial charge in [-0.05, 0) is 25.0 Å². The summed E-state index contributed by atoms with van der Waals surface area (Å²) in [6.45, 7) is 1.90. The Morgan fingerprint density at radius 3 is 2.83 bits per heavy atom. The highest BCUT2D eigenvalue weighted by Crippen LogP contribution is 2.14. The van der Waals surface area contributed by atoms with Gasteiger partial charge in [0.25, 0.3) is 0 Å². The Labute approximate surface area is 108 Å². The minimum Gasteiger partial charge on any atom is -0.260 e. The molecule has 0 saturated carbocycles. The van der Waals surface area contributed by atoms with E-state index in [1.54, 1.807) is 18.3 Å². The van der Waals surface area contributed by atoms with Crippen molar-refractivity contribution in [3.8, 4) is 6.07 Å². The first-order valence-electron chi connectivity index (χ1n) is 5.87. The number of sulfonamides is 1. The molecule has 0 bridgehead atoms. The van der Waals surface area contributed by atoms with Crippen LogP contribution >= 0.6 is 0 Å². The van der Waals surface area contributed by atoms with Crippen LogP contribution in [0.3, 0.4) is 0 Å². The maximum atomic E-state index is 11.8. The fourth-order valence-corrected chi connectivity index (χ4v) is 2.91. The second kappa shape index (κ2) is 7.09. The highest BCUT2D eigenvalue weighted by Gasteiger charge is 2.18. The molecule has 0 radical (unpaired) electrons. The summed E-state index contributed by atoms with van der Waals surface area (Å²) in [5.74, 6) is -0.0239. The molecule has 0 aliphatic carbocycles. The van der Waals surface area contributed by atoms with E-state index in [-0.39, 0.29) is 18.2 Å². The second-order valence-corrected chi connectivity index (χ2v) is 5.79. The quantitative estimate of drug-likeness (QED) is 0.763. The molecular weight excluding hydrogens is 250 g/mol. The number of hydrogen-bond acceptors (Lipinski definition) is 4. The number of unbranched alkanes of at least 4 members (excludes halogenated alkanes) is 1. The minimum absolute atomic E-state index is 0.0239. The molecule has 1 aromatic rings. The summed E-state index contributed by atoms with van der Waals surface area (Å²) >= 11 is 0. The van der Waals surface area contributed by atoms with Crippen molar-refractivity contribution in [1.29, 1.82) is 5.26 Å². The smallest absolute Gasteiger partial charge is 0.212 e. The number of nitrogens with one attached hydrogen (secondary N) is 1. The molecule has 1 rings (SSSR count). The first kappa shape index (κ1) is 14.6. The van der Waals surface area contributed by atoms with Crippen molar-refractivity contribution < 1.29 is 8.42 Å².